The molecule has 0 aromatic carbocycles. The molecule has 2 heterocycles. The standard InChI is InChI=1S/C11H13ClN6O/c1-5-4-7(12)15-11(14-5)16-10(19)9-8(13)6(2)17-18(9)3/h4H,13H2,1-3H3,(H,14,15,16,19). The van der Waals surface area contributed by atoms with E-state index in [4.69, 9.17) is 17.3 Å². The van der Waals surface area contributed by atoms with E-state index in [1.807, 2.05) is 0 Å². The number of halogens is 1. The first-order valence-electron chi connectivity index (χ1n) is 5.50. The zero-order valence-electron chi connectivity index (χ0n) is 10.7. The zero-order chi connectivity index (χ0) is 14.2. The highest BCUT2D eigenvalue weighted by molar-refractivity contribution is 6.29. The highest BCUT2D eigenvalue weighted by Crippen LogP contribution is 2.17. The Balaban J connectivity index is 2.30. The van der Waals surface area contributed by atoms with Crippen LogP contribution in [0.25, 0.3) is 0 Å². The molecule has 100 valence electrons. The van der Waals surface area contributed by atoms with E-state index in [1.165, 1.54) is 4.68 Å². The first kappa shape index (κ1) is 13.3. The van der Waals surface area contributed by atoms with Crippen molar-refractivity contribution in [1.82, 2.24) is 19.7 Å². The second-order valence-corrected chi connectivity index (χ2v) is 4.47. The summed E-state index contributed by atoms with van der Waals surface area (Å²) in [5, 5.41) is 6.88. The number of carbonyl (C=O) groups excluding carboxylic acids is 1. The molecule has 0 unspecified atom stereocenters. The first-order chi connectivity index (χ1) is 8.88. The summed E-state index contributed by atoms with van der Waals surface area (Å²) in [6.45, 7) is 3.48. The van der Waals surface area contributed by atoms with Crippen molar-refractivity contribution in [3.8, 4) is 0 Å². The summed E-state index contributed by atoms with van der Waals surface area (Å²) in [5.41, 5.74) is 7.65. The van der Waals surface area contributed by atoms with Gasteiger partial charge in [-0.15, -0.1) is 0 Å². The molecule has 2 rings (SSSR count). The van der Waals surface area contributed by atoms with Crippen LogP contribution in [0, 0.1) is 13.8 Å². The average molecular weight is 281 g/mol. The Bertz CT molecular complexity index is 631. The molecular weight excluding hydrogens is 268 g/mol. The third-order valence-corrected chi connectivity index (χ3v) is 2.73. The molecule has 0 atom stereocenters. The van der Waals surface area contributed by atoms with Crippen molar-refractivity contribution in [2.45, 2.75) is 13.8 Å². The number of hydrogen-bond donors (Lipinski definition) is 2. The molecule has 0 fully saturated rings. The van der Waals surface area contributed by atoms with Crippen LogP contribution < -0.4 is 11.1 Å². The van der Waals surface area contributed by atoms with Crippen LogP contribution in [-0.2, 0) is 7.05 Å². The number of hydrogen-bond acceptors (Lipinski definition) is 5. The van der Waals surface area contributed by atoms with Crippen LogP contribution in [0.2, 0.25) is 5.15 Å². The molecule has 0 aliphatic heterocycles. The van der Waals surface area contributed by atoms with Crippen molar-refractivity contribution >= 4 is 29.1 Å². The van der Waals surface area contributed by atoms with E-state index in [9.17, 15) is 4.79 Å². The fourth-order valence-electron chi connectivity index (χ4n) is 1.69. The second-order valence-electron chi connectivity index (χ2n) is 4.08. The summed E-state index contributed by atoms with van der Waals surface area (Å²) in [4.78, 5) is 20.1. The maximum atomic E-state index is 12.1. The lowest BCUT2D eigenvalue weighted by Gasteiger charge is -2.05. The van der Waals surface area contributed by atoms with Gasteiger partial charge in [-0.2, -0.15) is 5.10 Å². The Morgan fingerprint density at radius 1 is 1.42 bits per heavy atom. The highest BCUT2D eigenvalue weighted by Gasteiger charge is 2.19. The minimum Gasteiger partial charge on any atom is -0.395 e. The first-order valence-corrected chi connectivity index (χ1v) is 5.88. The van der Waals surface area contributed by atoms with E-state index < -0.39 is 5.91 Å². The van der Waals surface area contributed by atoms with Gasteiger partial charge < -0.3 is 5.73 Å². The molecule has 7 nitrogen and oxygen atoms in total. The summed E-state index contributed by atoms with van der Waals surface area (Å²) < 4.78 is 1.41. The van der Waals surface area contributed by atoms with Crippen LogP contribution in [0.4, 0.5) is 11.6 Å². The number of amides is 1. The molecule has 0 spiro atoms. The molecule has 0 radical (unpaired) electrons. The second kappa shape index (κ2) is 4.85. The van der Waals surface area contributed by atoms with Crippen molar-refractivity contribution in [2.75, 3.05) is 11.1 Å². The number of anilines is 2. The van der Waals surface area contributed by atoms with Crippen LogP contribution in [0.15, 0.2) is 6.07 Å². The molecule has 19 heavy (non-hydrogen) atoms. The number of aryl methyl sites for hydroxylation is 3. The van der Waals surface area contributed by atoms with Crippen molar-refractivity contribution in [2.24, 2.45) is 7.05 Å². The molecule has 0 saturated carbocycles. The quantitative estimate of drug-likeness (QED) is 0.808. The van der Waals surface area contributed by atoms with Gasteiger partial charge in [0.25, 0.3) is 5.91 Å². The molecule has 2 aromatic rings. The molecule has 0 aliphatic rings. The smallest absolute Gasteiger partial charge is 0.278 e. The lowest BCUT2D eigenvalue weighted by molar-refractivity contribution is 0.101. The Labute approximate surface area is 114 Å². The molecular formula is C11H13ClN6O. The van der Waals surface area contributed by atoms with Gasteiger partial charge in [0.15, 0.2) is 0 Å². The third-order valence-electron chi connectivity index (χ3n) is 2.53. The van der Waals surface area contributed by atoms with Crippen molar-refractivity contribution in [3.05, 3.63) is 28.3 Å². The fourth-order valence-corrected chi connectivity index (χ4v) is 1.93. The van der Waals surface area contributed by atoms with E-state index in [1.54, 1.807) is 27.0 Å². The van der Waals surface area contributed by atoms with Gasteiger partial charge in [-0.25, -0.2) is 9.97 Å². The van der Waals surface area contributed by atoms with Gasteiger partial charge in [-0.3, -0.25) is 14.8 Å². The Kier molecular flexibility index (Phi) is 3.39. The van der Waals surface area contributed by atoms with E-state index in [0.29, 0.717) is 17.1 Å². The molecule has 1 amide bonds. The molecule has 8 heteroatoms. The maximum Gasteiger partial charge on any atom is 0.278 e. The van der Waals surface area contributed by atoms with Crippen LogP contribution in [0.1, 0.15) is 21.9 Å². The van der Waals surface area contributed by atoms with Gasteiger partial charge in [0.05, 0.1) is 11.4 Å². The molecule has 0 bridgehead atoms. The lowest BCUT2D eigenvalue weighted by Crippen LogP contribution is -2.19. The number of rotatable bonds is 2. The Hall–Kier alpha value is -2.15. The number of aromatic nitrogens is 4. The zero-order valence-corrected chi connectivity index (χ0v) is 11.5. The minimum absolute atomic E-state index is 0.133. The molecule has 3 N–H and O–H groups in total. The Morgan fingerprint density at radius 2 is 2.11 bits per heavy atom. The average Bonchev–Trinajstić information content (AvgIpc) is 2.51. The van der Waals surface area contributed by atoms with E-state index in [-0.39, 0.29) is 16.8 Å². The summed E-state index contributed by atoms with van der Waals surface area (Å²) in [6.07, 6.45) is 0. The van der Waals surface area contributed by atoms with Gasteiger partial charge in [0.2, 0.25) is 5.95 Å². The topological polar surface area (TPSA) is 98.7 Å². The Morgan fingerprint density at radius 3 is 2.63 bits per heavy atom. The van der Waals surface area contributed by atoms with Crippen molar-refractivity contribution in [3.63, 3.8) is 0 Å². The largest absolute Gasteiger partial charge is 0.395 e. The summed E-state index contributed by atoms with van der Waals surface area (Å²) in [6, 6.07) is 1.60. The van der Waals surface area contributed by atoms with Gasteiger partial charge in [-0.05, 0) is 19.9 Å². The lowest BCUT2D eigenvalue weighted by atomic mass is 10.3. The predicted octanol–water partition coefficient (Wildman–Crippen LogP) is 1.31. The molecule has 0 saturated heterocycles. The number of nitrogens with two attached hydrogens (primary N) is 1. The van der Waals surface area contributed by atoms with Crippen molar-refractivity contribution < 1.29 is 4.79 Å². The third kappa shape index (κ3) is 2.65. The SMILES string of the molecule is Cc1cc(Cl)nc(NC(=O)c2c(N)c(C)nn2C)n1. The van der Waals surface area contributed by atoms with Crippen LogP contribution >= 0.6 is 11.6 Å². The van der Waals surface area contributed by atoms with Crippen LogP contribution in [0.3, 0.4) is 0 Å². The number of carbonyl (C=O) groups is 1. The number of nitrogens with one attached hydrogen (secondary N) is 1. The highest BCUT2D eigenvalue weighted by atomic mass is 35.5. The number of nitrogen functional groups attached to an aromatic ring is 1. The molecule has 0 aliphatic carbocycles. The van der Waals surface area contributed by atoms with Crippen LogP contribution in [-0.4, -0.2) is 25.7 Å². The van der Waals surface area contributed by atoms with Gasteiger partial charge >= 0.3 is 0 Å². The van der Waals surface area contributed by atoms with Gasteiger partial charge in [0.1, 0.15) is 10.8 Å². The van der Waals surface area contributed by atoms with Gasteiger partial charge in [0, 0.05) is 12.7 Å². The number of nitrogens with zero attached hydrogens (tertiary/aromatic N) is 4. The monoisotopic (exact) mass is 280 g/mol. The van der Waals surface area contributed by atoms with Gasteiger partial charge in [-0.1, -0.05) is 11.6 Å². The fraction of sp³-hybridized carbons (Fsp3) is 0.273. The summed E-state index contributed by atoms with van der Waals surface area (Å²) in [5.74, 6) is -0.296. The van der Waals surface area contributed by atoms with Crippen molar-refractivity contribution in [1.29, 1.82) is 0 Å². The molecule has 2 aromatic heterocycles. The van der Waals surface area contributed by atoms with E-state index in [0.717, 1.165) is 0 Å². The van der Waals surface area contributed by atoms with E-state index in [2.05, 4.69) is 20.4 Å². The van der Waals surface area contributed by atoms with Crippen LogP contribution in [0.5, 0.6) is 0 Å². The normalized spacial score (nSPS) is 10.5. The minimum atomic E-state index is -0.428. The van der Waals surface area contributed by atoms with E-state index >= 15 is 0 Å². The summed E-state index contributed by atoms with van der Waals surface area (Å²) >= 11 is 5.80. The predicted molar refractivity (Wildman–Crippen MR) is 72.1 cm³/mol. The summed E-state index contributed by atoms with van der Waals surface area (Å²) in [7, 11) is 1.64. The maximum absolute atomic E-state index is 12.1.